The number of carbonyl (C=O) groups excluding carboxylic acids is 2. The minimum atomic E-state index is -0.412. The van der Waals surface area contributed by atoms with E-state index >= 15 is 0 Å². The summed E-state index contributed by atoms with van der Waals surface area (Å²) in [6.45, 7) is 9.81. The molecule has 0 spiro atoms. The summed E-state index contributed by atoms with van der Waals surface area (Å²) in [5, 5.41) is 0. The highest BCUT2D eigenvalue weighted by molar-refractivity contribution is 5.98. The lowest BCUT2D eigenvalue weighted by Crippen LogP contribution is -2.58. The molecule has 0 N–H and O–H groups in total. The first-order valence-electron chi connectivity index (χ1n) is 7.41. The zero-order valence-electron chi connectivity index (χ0n) is 13.2. The van der Waals surface area contributed by atoms with Gasteiger partial charge in [-0.1, -0.05) is 13.8 Å². The van der Waals surface area contributed by atoms with Crippen molar-refractivity contribution in [3.8, 4) is 0 Å². The van der Waals surface area contributed by atoms with Crippen molar-refractivity contribution in [2.75, 3.05) is 19.6 Å². The van der Waals surface area contributed by atoms with Gasteiger partial charge in [0.05, 0.1) is 5.56 Å². The van der Waals surface area contributed by atoms with Crippen LogP contribution < -0.4 is 0 Å². The monoisotopic (exact) mass is 289 g/mol. The quantitative estimate of drug-likeness (QED) is 0.851. The molecule has 0 aliphatic carbocycles. The highest BCUT2D eigenvalue weighted by Gasteiger charge is 2.34. The van der Waals surface area contributed by atoms with E-state index in [0.717, 1.165) is 12.1 Å². The number of amides is 2. The fourth-order valence-electron chi connectivity index (χ4n) is 2.67. The maximum atomic E-state index is 12.6. The average Bonchev–Trinajstić information content (AvgIpc) is 2.43. The molecule has 2 amide bonds. The minimum absolute atomic E-state index is 0.0314. The Morgan fingerprint density at radius 2 is 2.10 bits per heavy atom. The van der Waals surface area contributed by atoms with E-state index in [9.17, 15) is 9.59 Å². The van der Waals surface area contributed by atoms with E-state index in [1.54, 1.807) is 24.2 Å². The van der Waals surface area contributed by atoms with Crippen LogP contribution >= 0.6 is 0 Å². The molecule has 21 heavy (non-hydrogen) atoms. The number of hydrogen-bond acceptors (Lipinski definition) is 3. The second-order valence-corrected chi connectivity index (χ2v) is 6.10. The zero-order valence-corrected chi connectivity index (χ0v) is 13.2. The maximum absolute atomic E-state index is 12.6. The highest BCUT2D eigenvalue weighted by atomic mass is 16.2. The molecule has 5 nitrogen and oxygen atoms in total. The molecule has 0 bridgehead atoms. The normalized spacial score (nSPS) is 19.3. The van der Waals surface area contributed by atoms with Gasteiger partial charge in [-0.25, -0.2) is 0 Å². The predicted molar refractivity (Wildman–Crippen MR) is 80.9 cm³/mol. The lowest BCUT2D eigenvalue weighted by Gasteiger charge is -2.39. The Labute approximate surface area is 126 Å². The number of nitrogens with zero attached hydrogens (tertiary/aromatic N) is 3. The zero-order chi connectivity index (χ0) is 15.6. The van der Waals surface area contributed by atoms with Crippen molar-refractivity contribution in [1.29, 1.82) is 0 Å². The van der Waals surface area contributed by atoms with Crippen molar-refractivity contribution in [3.63, 3.8) is 0 Å². The molecule has 114 valence electrons. The standard InChI is InChI=1S/C16H23N3O2/c1-11(2)10-18-5-6-19(13(4)15(18)20)16(21)14-7-12(3)8-17-9-14/h7-9,11,13H,5-6,10H2,1-4H3. The van der Waals surface area contributed by atoms with E-state index in [1.165, 1.54) is 0 Å². The van der Waals surface area contributed by atoms with E-state index in [1.807, 2.05) is 17.9 Å². The van der Waals surface area contributed by atoms with Gasteiger partial charge < -0.3 is 9.80 Å². The van der Waals surface area contributed by atoms with Gasteiger partial charge in [0.15, 0.2) is 0 Å². The molecule has 1 aliphatic rings. The Bertz CT molecular complexity index is 542. The van der Waals surface area contributed by atoms with Crippen molar-refractivity contribution in [1.82, 2.24) is 14.8 Å². The van der Waals surface area contributed by atoms with E-state index in [0.29, 0.717) is 24.6 Å². The van der Waals surface area contributed by atoms with E-state index in [-0.39, 0.29) is 11.8 Å². The van der Waals surface area contributed by atoms with Crippen LogP contribution in [-0.2, 0) is 4.79 Å². The van der Waals surface area contributed by atoms with Crippen LogP contribution in [0.15, 0.2) is 18.5 Å². The van der Waals surface area contributed by atoms with Crippen molar-refractivity contribution in [2.24, 2.45) is 5.92 Å². The molecule has 5 heteroatoms. The number of aromatic nitrogens is 1. The van der Waals surface area contributed by atoms with Crippen LogP contribution in [0.4, 0.5) is 0 Å². The number of rotatable bonds is 3. The number of pyridine rings is 1. The van der Waals surface area contributed by atoms with Gasteiger partial charge in [-0.05, 0) is 31.4 Å². The van der Waals surface area contributed by atoms with Gasteiger partial charge in [-0.2, -0.15) is 0 Å². The van der Waals surface area contributed by atoms with Crippen LogP contribution in [0.3, 0.4) is 0 Å². The molecule has 1 fully saturated rings. The van der Waals surface area contributed by atoms with Gasteiger partial charge >= 0.3 is 0 Å². The second kappa shape index (κ2) is 6.24. The van der Waals surface area contributed by atoms with E-state index < -0.39 is 6.04 Å². The first kappa shape index (κ1) is 15.5. The SMILES string of the molecule is Cc1cncc(C(=O)N2CCN(CC(C)C)C(=O)C2C)c1. The summed E-state index contributed by atoms with van der Waals surface area (Å²) in [6, 6.07) is 1.40. The summed E-state index contributed by atoms with van der Waals surface area (Å²) in [7, 11) is 0. The predicted octanol–water partition coefficient (Wildman–Crippen LogP) is 1.72. The van der Waals surface area contributed by atoms with Crippen LogP contribution in [0.1, 0.15) is 36.7 Å². The summed E-state index contributed by atoms with van der Waals surface area (Å²) in [5.41, 5.74) is 1.49. The van der Waals surface area contributed by atoms with E-state index in [2.05, 4.69) is 18.8 Å². The van der Waals surface area contributed by atoms with Crippen molar-refractivity contribution in [3.05, 3.63) is 29.6 Å². The van der Waals surface area contributed by atoms with Gasteiger partial charge in [-0.15, -0.1) is 0 Å². The molecule has 1 unspecified atom stereocenters. The number of carbonyl (C=O) groups is 2. The molecule has 2 rings (SSSR count). The lowest BCUT2D eigenvalue weighted by molar-refractivity contribution is -0.140. The van der Waals surface area contributed by atoms with Gasteiger partial charge in [0, 0.05) is 32.0 Å². The molecule has 1 saturated heterocycles. The van der Waals surface area contributed by atoms with Gasteiger partial charge in [0.25, 0.3) is 5.91 Å². The number of piperazine rings is 1. The molecule has 0 radical (unpaired) electrons. The molecule has 1 aromatic heterocycles. The van der Waals surface area contributed by atoms with Crippen LogP contribution in [0.2, 0.25) is 0 Å². The van der Waals surface area contributed by atoms with Crippen LogP contribution in [-0.4, -0.2) is 52.3 Å². The topological polar surface area (TPSA) is 53.5 Å². The summed E-state index contributed by atoms with van der Waals surface area (Å²) in [5.74, 6) is 0.351. The van der Waals surface area contributed by atoms with Gasteiger partial charge in [0.1, 0.15) is 6.04 Å². The molecule has 0 saturated carbocycles. The van der Waals surface area contributed by atoms with Gasteiger partial charge in [0.2, 0.25) is 5.91 Å². The van der Waals surface area contributed by atoms with Crippen molar-refractivity contribution < 1.29 is 9.59 Å². The minimum Gasteiger partial charge on any atom is -0.339 e. The first-order valence-corrected chi connectivity index (χ1v) is 7.41. The van der Waals surface area contributed by atoms with Crippen LogP contribution in [0, 0.1) is 12.8 Å². The largest absolute Gasteiger partial charge is 0.339 e. The molecule has 1 aromatic rings. The summed E-state index contributed by atoms with van der Waals surface area (Å²) in [4.78, 5) is 32.5. The Balaban J connectivity index is 2.12. The Morgan fingerprint density at radius 1 is 1.38 bits per heavy atom. The van der Waals surface area contributed by atoms with Gasteiger partial charge in [-0.3, -0.25) is 14.6 Å². The van der Waals surface area contributed by atoms with Crippen molar-refractivity contribution in [2.45, 2.75) is 33.7 Å². The molecule has 2 heterocycles. The summed E-state index contributed by atoms with van der Waals surface area (Å²) in [6.07, 6.45) is 3.28. The Kier molecular flexibility index (Phi) is 4.60. The van der Waals surface area contributed by atoms with Crippen molar-refractivity contribution >= 4 is 11.8 Å². The lowest BCUT2D eigenvalue weighted by atomic mass is 10.1. The number of hydrogen-bond donors (Lipinski definition) is 0. The fourth-order valence-corrected chi connectivity index (χ4v) is 2.67. The fraction of sp³-hybridized carbons (Fsp3) is 0.562. The molecule has 1 aliphatic heterocycles. The third-order valence-corrected chi connectivity index (χ3v) is 3.72. The molecule has 1 atom stereocenters. The summed E-state index contributed by atoms with van der Waals surface area (Å²) >= 11 is 0. The maximum Gasteiger partial charge on any atom is 0.256 e. The molecule has 0 aromatic carbocycles. The second-order valence-electron chi connectivity index (χ2n) is 6.10. The summed E-state index contributed by atoms with van der Waals surface area (Å²) < 4.78 is 0. The van der Waals surface area contributed by atoms with Crippen LogP contribution in [0.5, 0.6) is 0 Å². The third kappa shape index (κ3) is 3.40. The van der Waals surface area contributed by atoms with E-state index in [4.69, 9.17) is 0 Å². The number of aryl methyl sites for hydroxylation is 1. The third-order valence-electron chi connectivity index (χ3n) is 3.72. The highest BCUT2D eigenvalue weighted by Crippen LogP contribution is 2.16. The Morgan fingerprint density at radius 3 is 2.71 bits per heavy atom. The smallest absolute Gasteiger partial charge is 0.256 e. The molecular weight excluding hydrogens is 266 g/mol. The first-order chi connectivity index (χ1) is 9.90. The molecular formula is C16H23N3O2. The Hall–Kier alpha value is -1.91. The average molecular weight is 289 g/mol. The van der Waals surface area contributed by atoms with Crippen LogP contribution in [0.25, 0.3) is 0 Å².